The maximum absolute atomic E-state index is 12.0. The number of nitrogens with one attached hydrogen (secondary N) is 1. The van der Waals surface area contributed by atoms with Gasteiger partial charge < -0.3 is 11.1 Å². The second-order valence-electron chi connectivity index (χ2n) is 5.65. The van der Waals surface area contributed by atoms with Crippen LogP contribution in [0, 0.1) is 0 Å². The molecular weight excluding hydrogens is 238 g/mol. The third-order valence-corrected chi connectivity index (χ3v) is 4.42. The van der Waals surface area contributed by atoms with Crippen LogP contribution in [0.25, 0.3) is 0 Å². The number of nitrogens with two attached hydrogens (primary N) is 1. The molecule has 1 aromatic carbocycles. The summed E-state index contributed by atoms with van der Waals surface area (Å²) in [6.07, 6.45) is 2.85. The summed E-state index contributed by atoms with van der Waals surface area (Å²) in [7, 11) is 1.70. The molecule has 3 rings (SSSR count). The molecule has 0 bridgehead atoms. The molecule has 2 aliphatic rings. The van der Waals surface area contributed by atoms with Crippen molar-refractivity contribution in [1.82, 2.24) is 10.2 Å². The molecule has 1 fully saturated rings. The lowest BCUT2D eigenvalue weighted by molar-refractivity contribution is -0.125. The second kappa shape index (κ2) is 4.94. The molecule has 1 saturated heterocycles. The fraction of sp³-hybridized carbons (Fsp3) is 0.533. The summed E-state index contributed by atoms with van der Waals surface area (Å²) in [5, 5.41) is 2.77. The Morgan fingerprint density at radius 1 is 1.32 bits per heavy atom. The van der Waals surface area contributed by atoms with E-state index < -0.39 is 0 Å². The van der Waals surface area contributed by atoms with Gasteiger partial charge in [0.15, 0.2) is 0 Å². The molecule has 1 aliphatic heterocycles. The zero-order valence-corrected chi connectivity index (χ0v) is 11.3. The first-order valence-corrected chi connectivity index (χ1v) is 6.98. The van der Waals surface area contributed by atoms with E-state index >= 15 is 0 Å². The van der Waals surface area contributed by atoms with Crippen LogP contribution in [0.2, 0.25) is 0 Å². The summed E-state index contributed by atoms with van der Waals surface area (Å²) < 4.78 is 0. The summed E-state index contributed by atoms with van der Waals surface area (Å²) in [5.41, 5.74) is 8.90. The van der Waals surface area contributed by atoms with Crippen molar-refractivity contribution in [1.29, 1.82) is 0 Å². The van der Waals surface area contributed by atoms with Crippen LogP contribution in [0.3, 0.4) is 0 Å². The number of carbonyl (C=O) groups excluding carboxylic acids is 1. The van der Waals surface area contributed by atoms with Gasteiger partial charge in [-0.05, 0) is 30.4 Å². The Bertz CT molecular complexity index is 463. The average Bonchev–Trinajstić information content (AvgIpc) is 3.00. The molecule has 1 aromatic rings. The van der Waals surface area contributed by atoms with Gasteiger partial charge in [-0.15, -0.1) is 0 Å². The summed E-state index contributed by atoms with van der Waals surface area (Å²) in [6.45, 7) is 0.830. The van der Waals surface area contributed by atoms with Crippen molar-refractivity contribution in [2.45, 2.75) is 37.4 Å². The van der Waals surface area contributed by atoms with Gasteiger partial charge in [-0.2, -0.15) is 0 Å². The van der Waals surface area contributed by atoms with Gasteiger partial charge in [-0.1, -0.05) is 24.3 Å². The number of rotatable bonds is 2. The fourth-order valence-electron chi connectivity index (χ4n) is 3.49. The van der Waals surface area contributed by atoms with Gasteiger partial charge in [0.1, 0.15) is 0 Å². The Morgan fingerprint density at radius 2 is 1.95 bits per heavy atom. The standard InChI is InChI=1S/C15H21N3O/c1-17-15(19)14-8-12(16)9-18(14)13-6-10-4-2-3-5-11(10)7-13/h2-5,12-14H,6-9,16H2,1H3,(H,17,19)/t12-,14+/m1/s1. The fourth-order valence-corrected chi connectivity index (χ4v) is 3.49. The predicted molar refractivity (Wildman–Crippen MR) is 74.8 cm³/mol. The van der Waals surface area contributed by atoms with Crippen LogP contribution in [0.4, 0.5) is 0 Å². The molecule has 0 saturated carbocycles. The number of hydrogen-bond donors (Lipinski definition) is 2. The Hall–Kier alpha value is -1.39. The zero-order valence-electron chi connectivity index (χ0n) is 11.3. The zero-order chi connectivity index (χ0) is 13.4. The molecule has 1 heterocycles. The van der Waals surface area contributed by atoms with Crippen molar-refractivity contribution in [3.8, 4) is 0 Å². The van der Waals surface area contributed by atoms with Crippen LogP contribution in [-0.4, -0.2) is 42.5 Å². The van der Waals surface area contributed by atoms with E-state index in [1.165, 1.54) is 11.1 Å². The number of fused-ring (bicyclic) bond motifs is 1. The van der Waals surface area contributed by atoms with E-state index in [4.69, 9.17) is 5.73 Å². The minimum absolute atomic E-state index is 0.0562. The molecule has 0 radical (unpaired) electrons. The van der Waals surface area contributed by atoms with Crippen molar-refractivity contribution in [3.63, 3.8) is 0 Å². The average molecular weight is 259 g/mol. The van der Waals surface area contributed by atoms with E-state index in [9.17, 15) is 4.79 Å². The number of amides is 1. The Morgan fingerprint density at radius 3 is 2.53 bits per heavy atom. The largest absolute Gasteiger partial charge is 0.358 e. The van der Waals surface area contributed by atoms with E-state index in [0.29, 0.717) is 6.04 Å². The topological polar surface area (TPSA) is 58.4 Å². The van der Waals surface area contributed by atoms with Crippen molar-refractivity contribution < 1.29 is 4.79 Å². The number of carbonyl (C=O) groups is 1. The van der Waals surface area contributed by atoms with Gasteiger partial charge >= 0.3 is 0 Å². The normalized spacial score (nSPS) is 27.5. The molecule has 0 aromatic heterocycles. The quantitative estimate of drug-likeness (QED) is 0.803. The van der Waals surface area contributed by atoms with Crippen LogP contribution in [0.15, 0.2) is 24.3 Å². The molecule has 0 unspecified atom stereocenters. The number of likely N-dealkylation sites (N-methyl/N-ethyl adjacent to an activating group) is 1. The molecule has 1 aliphatic carbocycles. The van der Waals surface area contributed by atoms with Crippen LogP contribution < -0.4 is 11.1 Å². The molecule has 4 nitrogen and oxygen atoms in total. The van der Waals surface area contributed by atoms with Crippen molar-refractivity contribution in [2.75, 3.05) is 13.6 Å². The maximum Gasteiger partial charge on any atom is 0.237 e. The highest BCUT2D eigenvalue weighted by Crippen LogP contribution is 2.30. The molecule has 3 N–H and O–H groups in total. The molecule has 102 valence electrons. The maximum atomic E-state index is 12.0. The lowest BCUT2D eigenvalue weighted by atomic mass is 10.1. The van der Waals surface area contributed by atoms with E-state index in [1.54, 1.807) is 7.05 Å². The van der Waals surface area contributed by atoms with E-state index in [-0.39, 0.29) is 18.0 Å². The van der Waals surface area contributed by atoms with Gasteiger partial charge in [-0.3, -0.25) is 9.69 Å². The van der Waals surface area contributed by atoms with E-state index in [2.05, 4.69) is 34.5 Å². The van der Waals surface area contributed by atoms with E-state index in [1.807, 2.05) is 0 Å². The first-order chi connectivity index (χ1) is 9.19. The number of benzene rings is 1. The lowest BCUT2D eigenvalue weighted by Gasteiger charge is -2.29. The first kappa shape index (κ1) is 12.6. The van der Waals surface area contributed by atoms with Crippen molar-refractivity contribution in [2.24, 2.45) is 5.73 Å². The third kappa shape index (κ3) is 2.26. The molecule has 1 amide bonds. The van der Waals surface area contributed by atoms with E-state index in [0.717, 1.165) is 25.8 Å². The van der Waals surface area contributed by atoms with Gasteiger partial charge in [0.25, 0.3) is 0 Å². The Kier molecular flexibility index (Phi) is 3.29. The van der Waals surface area contributed by atoms with Crippen LogP contribution >= 0.6 is 0 Å². The molecular formula is C15H21N3O. The minimum Gasteiger partial charge on any atom is -0.358 e. The highest BCUT2D eigenvalue weighted by molar-refractivity contribution is 5.82. The summed E-state index contributed by atoms with van der Waals surface area (Å²) >= 11 is 0. The SMILES string of the molecule is CNC(=O)[C@@H]1C[C@@H](N)CN1C1Cc2ccccc2C1. The molecule has 19 heavy (non-hydrogen) atoms. The second-order valence-corrected chi connectivity index (χ2v) is 5.65. The van der Waals surface area contributed by atoms with Gasteiger partial charge in [-0.25, -0.2) is 0 Å². The first-order valence-electron chi connectivity index (χ1n) is 6.98. The number of likely N-dealkylation sites (tertiary alicyclic amines) is 1. The van der Waals surface area contributed by atoms with Crippen LogP contribution in [0.1, 0.15) is 17.5 Å². The molecule has 4 heteroatoms. The van der Waals surface area contributed by atoms with Crippen LogP contribution in [0.5, 0.6) is 0 Å². The van der Waals surface area contributed by atoms with Crippen LogP contribution in [-0.2, 0) is 17.6 Å². The molecule has 0 spiro atoms. The monoisotopic (exact) mass is 259 g/mol. The summed E-state index contributed by atoms with van der Waals surface area (Å²) in [5.74, 6) is 0.101. The van der Waals surface area contributed by atoms with Gasteiger partial charge in [0.05, 0.1) is 6.04 Å². The summed E-state index contributed by atoms with van der Waals surface area (Å²) in [4.78, 5) is 14.3. The number of nitrogens with zero attached hydrogens (tertiary/aromatic N) is 1. The smallest absolute Gasteiger partial charge is 0.237 e. The Labute approximate surface area is 114 Å². The molecule has 2 atom stereocenters. The predicted octanol–water partition coefficient (Wildman–Crippen LogP) is 0.301. The third-order valence-electron chi connectivity index (χ3n) is 4.42. The lowest BCUT2D eigenvalue weighted by Crippen LogP contribution is -2.47. The number of hydrogen-bond acceptors (Lipinski definition) is 3. The van der Waals surface area contributed by atoms with Crippen molar-refractivity contribution >= 4 is 5.91 Å². The minimum atomic E-state index is -0.0562. The highest BCUT2D eigenvalue weighted by Gasteiger charge is 2.40. The van der Waals surface area contributed by atoms with Gasteiger partial charge in [0, 0.05) is 25.7 Å². The van der Waals surface area contributed by atoms with Crippen molar-refractivity contribution in [3.05, 3.63) is 35.4 Å². The van der Waals surface area contributed by atoms with Gasteiger partial charge in [0.2, 0.25) is 5.91 Å². The highest BCUT2D eigenvalue weighted by atomic mass is 16.2. The Balaban J connectivity index is 1.78. The summed E-state index contributed by atoms with van der Waals surface area (Å²) in [6, 6.07) is 9.06.